The van der Waals surface area contributed by atoms with Crippen LogP contribution in [0.4, 0.5) is 0 Å². The van der Waals surface area contributed by atoms with Crippen molar-refractivity contribution in [2.75, 3.05) is 0 Å². The molecule has 0 aliphatic carbocycles. The van der Waals surface area contributed by atoms with Crippen LogP contribution in [0.15, 0.2) is 60.7 Å². The lowest BCUT2D eigenvalue weighted by Gasteiger charge is -2.22. The van der Waals surface area contributed by atoms with Gasteiger partial charge >= 0.3 is 0 Å². The predicted molar refractivity (Wildman–Crippen MR) is 111 cm³/mol. The lowest BCUT2D eigenvalue weighted by atomic mass is 9.82. The second kappa shape index (κ2) is 11.9. The Labute approximate surface area is 155 Å². The Morgan fingerprint density at radius 1 is 0.640 bits per heavy atom. The average molecular weight is 337 g/mol. The molecule has 2 aromatic rings. The van der Waals surface area contributed by atoms with E-state index in [0.717, 1.165) is 5.92 Å². The number of unbranched alkanes of at least 4 members (excludes halogenated alkanes) is 6. The van der Waals surface area contributed by atoms with Gasteiger partial charge in [0.1, 0.15) is 0 Å². The lowest BCUT2D eigenvalue weighted by Crippen LogP contribution is -2.07. The molecule has 0 spiro atoms. The molecule has 0 saturated carbocycles. The van der Waals surface area contributed by atoms with E-state index in [0.29, 0.717) is 5.92 Å². The molecule has 0 N–H and O–H groups in total. The summed E-state index contributed by atoms with van der Waals surface area (Å²) >= 11 is 0. The maximum absolute atomic E-state index is 2.44. The first-order valence-corrected chi connectivity index (χ1v) is 10.4. The van der Waals surface area contributed by atoms with Crippen LogP contribution in [0, 0.1) is 5.92 Å². The Kier molecular flexibility index (Phi) is 9.41. The molecule has 0 radical (unpaired) electrons. The fraction of sp³-hybridized carbons (Fsp3) is 0.520. The van der Waals surface area contributed by atoms with Crippen LogP contribution < -0.4 is 0 Å². The topological polar surface area (TPSA) is 0 Å². The van der Waals surface area contributed by atoms with Gasteiger partial charge in [-0.3, -0.25) is 0 Å². The van der Waals surface area contributed by atoms with Crippen molar-refractivity contribution in [2.24, 2.45) is 5.92 Å². The van der Waals surface area contributed by atoms with Crippen LogP contribution in [-0.4, -0.2) is 0 Å². The van der Waals surface area contributed by atoms with Crippen molar-refractivity contribution in [1.82, 2.24) is 0 Å². The van der Waals surface area contributed by atoms with Crippen molar-refractivity contribution in [3.8, 4) is 0 Å². The first-order chi connectivity index (χ1) is 12.3. The minimum absolute atomic E-state index is 0.530. The highest BCUT2D eigenvalue weighted by Crippen LogP contribution is 2.32. The number of rotatable bonds is 12. The molecule has 2 rings (SSSR count). The van der Waals surface area contributed by atoms with E-state index < -0.39 is 0 Å². The normalized spacial score (nSPS) is 12.4. The molecule has 0 heteroatoms. The third-order valence-corrected chi connectivity index (χ3v) is 5.34. The summed E-state index contributed by atoms with van der Waals surface area (Å²) in [6.07, 6.45) is 12.5. The highest BCUT2D eigenvalue weighted by Gasteiger charge is 2.17. The third-order valence-electron chi connectivity index (χ3n) is 5.34. The molecule has 136 valence electrons. The highest BCUT2D eigenvalue weighted by molar-refractivity contribution is 5.32. The zero-order valence-electron chi connectivity index (χ0n) is 16.3. The summed E-state index contributed by atoms with van der Waals surface area (Å²) in [5, 5.41) is 0. The summed E-state index contributed by atoms with van der Waals surface area (Å²) in [6, 6.07) is 22.1. The molecule has 0 amide bonds. The van der Waals surface area contributed by atoms with Crippen molar-refractivity contribution in [1.29, 1.82) is 0 Å². The molecule has 0 saturated heterocycles. The molecule has 0 fully saturated rings. The van der Waals surface area contributed by atoms with Gasteiger partial charge in [0, 0.05) is 5.92 Å². The van der Waals surface area contributed by atoms with Crippen molar-refractivity contribution in [3.05, 3.63) is 71.8 Å². The summed E-state index contributed by atoms with van der Waals surface area (Å²) in [6.45, 7) is 4.73. The van der Waals surface area contributed by atoms with Gasteiger partial charge in [-0.2, -0.15) is 0 Å². The van der Waals surface area contributed by atoms with Gasteiger partial charge < -0.3 is 0 Å². The Balaban J connectivity index is 1.83. The maximum atomic E-state index is 2.44. The van der Waals surface area contributed by atoms with Gasteiger partial charge in [-0.25, -0.2) is 0 Å². The fourth-order valence-corrected chi connectivity index (χ4v) is 3.81. The van der Waals surface area contributed by atoms with Gasteiger partial charge in [-0.1, -0.05) is 126 Å². The summed E-state index contributed by atoms with van der Waals surface area (Å²) < 4.78 is 0. The SMILES string of the molecule is CCCCCCCCCC(C)CC(c1ccccc1)c1ccccc1. The first-order valence-electron chi connectivity index (χ1n) is 10.4. The summed E-state index contributed by atoms with van der Waals surface area (Å²) in [5.74, 6) is 1.31. The van der Waals surface area contributed by atoms with E-state index in [-0.39, 0.29) is 0 Å². The van der Waals surface area contributed by atoms with E-state index in [1.165, 1.54) is 68.9 Å². The molecule has 0 bridgehead atoms. The standard InChI is InChI=1S/C25H36/c1-3-4-5-6-7-8-11-16-22(2)21-25(23-17-12-9-13-18-23)24-19-14-10-15-20-24/h9-10,12-15,17-20,22,25H,3-8,11,16,21H2,1-2H3. The number of hydrogen-bond acceptors (Lipinski definition) is 0. The van der Waals surface area contributed by atoms with E-state index in [4.69, 9.17) is 0 Å². The molecule has 1 unspecified atom stereocenters. The molecule has 25 heavy (non-hydrogen) atoms. The number of benzene rings is 2. The molecule has 0 aliphatic rings. The monoisotopic (exact) mass is 336 g/mol. The van der Waals surface area contributed by atoms with E-state index in [1.807, 2.05) is 0 Å². The van der Waals surface area contributed by atoms with Crippen LogP contribution in [0.5, 0.6) is 0 Å². The predicted octanol–water partition coefficient (Wildman–Crippen LogP) is 7.99. The summed E-state index contributed by atoms with van der Waals surface area (Å²) in [7, 11) is 0. The fourth-order valence-electron chi connectivity index (χ4n) is 3.81. The first kappa shape index (κ1) is 19.8. The van der Waals surface area contributed by atoms with Crippen molar-refractivity contribution < 1.29 is 0 Å². The van der Waals surface area contributed by atoms with Crippen molar-refractivity contribution >= 4 is 0 Å². The molecular weight excluding hydrogens is 300 g/mol. The zero-order chi connectivity index (χ0) is 17.7. The molecule has 0 aromatic heterocycles. The molecule has 0 nitrogen and oxygen atoms in total. The quantitative estimate of drug-likeness (QED) is 0.344. The van der Waals surface area contributed by atoms with Crippen LogP contribution in [0.1, 0.15) is 88.7 Å². The molecular formula is C25H36. The molecule has 0 aliphatic heterocycles. The number of hydrogen-bond donors (Lipinski definition) is 0. The minimum atomic E-state index is 0.530. The van der Waals surface area contributed by atoms with Gasteiger partial charge in [-0.15, -0.1) is 0 Å². The van der Waals surface area contributed by atoms with Gasteiger partial charge in [0.2, 0.25) is 0 Å². The third kappa shape index (κ3) is 7.46. The lowest BCUT2D eigenvalue weighted by molar-refractivity contribution is 0.436. The van der Waals surface area contributed by atoms with Crippen LogP contribution in [0.2, 0.25) is 0 Å². The largest absolute Gasteiger partial charge is 0.0654 e. The molecule has 2 aromatic carbocycles. The Bertz CT molecular complexity index is 503. The van der Waals surface area contributed by atoms with Gasteiger partial charge in [-0.05, 0) is 23.5 Å². The van der Waals surface area contributed by atoms with Crippen molar-refractivity contribution in [2.45, 2.75) is 77.6 Å². The summed E-state index contributed by atoms with van der Waals surface area (Å²) in [4.78, 5) is 0. The van der Waals surface area contributed by atoms with Crippen LogP contribution in [0.3, 0.4) is 0 Å². The smallest absolute Gasteiger partial charge is 0.00918 e. The zero-order valence-corrected chi connectivity index (χ0v) is 16.3. The Hall–Kier alpha value is -1.56. The van der Waals surface area contributed by atoms with E-state index in [9.17, 15) is 0 Å². The Morgan fingerprint density at radius 3 is 1.64 bits per heavy atom. The minimum Gasteiger partial charge on any atom is -0.0654 e. The van der Waals surface area contributed by atoms with Gasteiger partial charge in [0.15, 0.2) is 0 Å². The van der Waals surface area contributed by atoms with E-state index in [2.05, 4.69) is 74.5 Å². The van der Waals surface area contributed by atoms with Crippen LogP contribution in [0.25, 0.3) is 0 Å². The van der Waals surface area contributed by atoms with E-state index >= 15 is 0 Å². The molecule has 0 heterocycles. The second-order valence-electron chi connectivity index (χ2n) is 7.62. The van der Waals surface area contributed by atoms with Crippen molar-refractivity contribution in [3.63, 3.8) is 0 Å². The van der Waals surface area contributed by atoms with Crippen LogP contribution >= 0.6 is 0 Å². The van der Waals surface area contributed by atoms with Gasteiger partial charge in [0.05, 0.1) is 0 Å². The highest BCUT2D eigenvalue weighted by atomic mass is 14.2. The summed E-state index contributed by atoms with van der Waals surface area (Å²) in [5.41, 5.74) is 2.92. The second-order valence-corrected chi connectivity index (χ2v) is 7.62. The Morgan fingerprint density at radius 2 is 1.12 bits per heavy atom. The molecule has 1 atom stereocenters. The van der Waals surface area contributed by atoms with E-state index in [1.54, 1.807) is 0 Å². The van der Waals surface area contributed by atoms with Gasteiger partial charge in [0.25, 0.3) is 0 Å². The van der Waals surface area contributed by atoms with Crippen LogP contribution in [-0.2, 0) is 0 Å². The maximum Gasteiger partial charge on any atom is 0.00918 e. The average Bonchev–Trinajstić information content (AvgIpc) is 2.67.